The van der Waals surface area contributed by atoms with E-state index in [1.165, 1.54) is 0 Å². The van der Waals surface area contributed by atoms with Gasteiger partial charge in [-0.05, 0) is 26.8 Å². The van der Waals surface area contributed by atoms with Gasteiger partial charge in [-0.1, -0.05) is 12.2 Å². The van der Waals surface area contributed by atoms with E-state index in [0.717, 1.165) is 13.0 Å². The third-order valence-electron chi connectivity index (χ3n) is 1.16. The first-order chi connectivity index (χ1) is 4.77. The largest absolute Gasteiger partial charge is 0.392 e. The van der Waals surface area contributed by atoms with Gasteiger partial charge in [0.2, 0.25) is 0 Å². The first kappa shape index (κ1) is 9.66. The highest BCUT2D eigenvalue weighted by atomic mass is 16.3. The number of rotatable bonds is 5. The van der Waals surface area contributed by atoms with E-state index in [1.54, 1.807) is 6.92 Å². The molecule has 10 heavy (non-hydrogen) atoms. The summed E-state index contributed by atoms with van der Waals surface area (Å²) >= 11 is 0. The first-order valence-corrected chi connectivity index (χ1v) is 3.77. The molecule has 1 unspecified atom stereocenters. The standard InChI is InChI=1S/C8H17NO/c1-3-4-5-6-9-7-8(2)10/h3-4,8-10H,5-7H2,1-2H3/b4-3+. The van der Waals surface area contributed by atoms with Gasteiger partial charge in [-0.25, -0.2) is 0 Å². The Kier molecular flexibility index (Phi) is 6.55. The van der Waals surface area contributed by atoms with Crippen LogP contribution in [0.1, 0.15) is 20.3 Å². The summed E-state index contributed by atoms with van der Waals surface area (Å²) in [6.45, 7) is 5.43. The number of allylic oxidation sites excluding steroid dienone is 1. The van der Waals surface area contributed by atoms with Crippen LogP contribution in [0.4, 0.5) is 0 Å². The van der Waals surface area contributed by atoms with Crippen LogP contribution in [0.25, 0.3) is 0 Å². The van der Waals surface area contributed by atoms with E-state index in [1.807, 2.05) is 13.0 Å². The normalized spacial score (nSPS) is 14.3. The van der Waals surface area contributed by atoms with E-state index in [2.05, 4.69) is 11.4 Å². The lowest BCUT2D eigenvalue weighted by Gasteiger charge is -2.03. The van der Waals surface area contributed by atoms with Crippen LogP contribution in [-0.4, -0.2) is 24.3 Å². The molecule has 0 aromatic rings. The molecule has 0 amide bonds. The Labute approximate surface area is 62.9 Å². The zero-order valence-electron chi connectivity index (χ0n) is 6.80. The predicted octanol–water partition coefficient (Wildman–Crippen LogP) is 0.923. The summed E-state index contributed by atoms with van der Waals surface area (Å²) < 4.78 is 0. The molecule has 0 bridgehead atoms. The van der Waals surface area contributed by atoms with Gasteiger partial charge < -0.3 is 10.4 Å². The number of hydrogen-bond donors (Lipinski definition) is 2. The second-order valence-electron chi connectivity index (χ2n) is 2.41. The summed E-state index contributed by atoms with van der Waals surface area (Å²) in [5, 5.41) is 11.9. The number of hydrogen-bond acceptors (Lipinski definition) is 2. The van der Waals surface area contributed by atoms with Gasteiger partial charge in [0.1, 0.15) is 0 Å². The van der Waals surface area contributed by atoms with Crippen molar-refractivity contribution < 1.29 is 5.11 Å². The van der Waals surface area contributed by atoms with Gasteiger partial charge in [-0.2, -0.15) is 0 Å². The van der Waals surface area contributed by atoms with Crippen LogP contribution in [0.15, 0.2) is 12.2 Å². The second kappa shape index (κ2) is 6.78. The summed E-state index contributed by atoms with van der Waals surface area (Å²) in [7, 11) is 0. The summed E-state index contributed by atoms with van der Waals surface area (Å²) in [6.07, 6.45) is 4.95. The minimum atomic E-state index is -0.231. The average Bonchev–Trinajstić information content (AvgIpc) is 1.87. The van der Waals surface area contributed by atoms with Crippen molar-refractivity contribution in [3.05, 3.63) is 12.2 Å². The minimum absolute atomic E-state index is 0.231. The van der Waals surface area contributed by atoms with Gasteiger partial charge >= 0.3 is 0 Å². The molecule has 0 heterocycles. The van der Waals surface area contributed by atoms with Gasteiger partial charge in [0.15, 0.2) is 0 Å². The Morgan fingerprint density at radius 3 is 2.80 bits per heavy atom. The molecule has 0 rings (SSSR count). The summed E-state index contributed by atoms with van der Waals surface area (Å²) in [5.41, 5.74) is 0. The maximum Gasteiger partial charge on any atom is 0.0636 e. The van der Waals surface area contributed by atoms with E-state index in [4.69, 9.17) is 5.11 Å². The zero-order chi connectivity index (χ0) is 7.82. The van der Waals surface area contributed by atoms with Gasteiger partial charge in [0.05, 0.1) is 6.10 Å². The average molecular weight is 143 g/mol. The Morgan fingerprint density at radius 2 is 2.30 bits per heavy atom. The van der Waals surface area contributed by atoms with Crippen LogP contribution in [0.2, 0.25) is 0 Å². The van der Waals surface area contributed by atoms with E-state index in [9.17, 15) is 0 Å². The third kappa shape index (κ3) is 7.66. The summed E-state index contributed by atoms with van der Waals surface area (Å²) in [4.78, 5) is 0. The van der Waals surface area contributed by atoms with Crippen molar-refractivity contribution in [1.82, 2.24) is 5.32 Å². The van der Waals surface area contributed by atoms with Crippen LogP contribution in [0, 0.1) is 0 Å². The van der Waals surface area contributed by atoms with Crippen molar-refractivity contribution in [3.8, 4) is 0 Å². The molecule has 60 valence electrons. The Morgan fingerprint density at radius 1 is 1.60 bits per heavy atom. The molecule has 0 saturated heterocycles. The topological polar surface area (TPSA) is 32.3 Å². The first-order valence-electron chi connectivity index (χ1n) is 3.77. The van der Waals surface area contributed by atoms with Gasteiger partial charge in [-0.3, -0.25) is 0 Å². The molecule has 0 spiro atoms. The SMILES string of the molecule is C/C=C/CCNCC(C)O. The van der Waals surface area contributed by atoms with Crippen LogP contribution in [0.3, 0.4) is 0 Å². The summed E-state index contributed by atoms with van der Waals surface area (Å²) in [5.74, 6) is 0. The predicted molar refractivity (Wildman–Crippen MR) is 44.0 cm³/mol. The lowest BCUT2D eigenvalue weighted by Crippen LogP contribution is -2.24. The zero-order valence-corrected chi connectivity index (χ0v) is 6.80. The second-order valence-corrected chi connectivity index (χ2v) is 2.41. The fourth-order valence-electron chi connectivity index (χ4n) is 0.663. The number of aliphatic hydroxyl groups excluding tert-OH is 1. The fourth-order valence-corrected chi connectivity index (χ4v) is 0.663. The highest BCUT2D eigenvalue weighted by Gasteiger charge is 1.90. The molecular weight excluding hydrogens is 126 g/mol. The quantitative estimate of drug-likeness (QED) is 0.443. The highest BCUT2D eigenvalue weighted by molar-refractivity contribution is 4.77. The molecule has 1 atom stereocenters. The van der Waals surface area contributed by atoms with Gasteiger partial charge in [-0.15, -0.1) is 0 Å². The molecule has 0 aromatic carbocycles. The summed E-state index contributed by atoms with van der Waals surface area (Å²) in [6, 6.07) is 0. The molecule has 0 aliphatic rings. The molecule has 0 aliphatic carbocycles. The van der Waals surface area contributed by atoms with Crippen molar-refractivity contribution in [3.63, 3.8) is 0 Å². The van der Waals surface area contributed by atoms with E-state index >= 15 is 0 Å². The van der Waals surface area contributed by atoms with Crippen LogP contribution < -0.4 is 5.32 Å². The van der Waals surface area contributed by atoms with Crippen LogP contribution in [-0.2, 0) is 0 Å². The van der Waals surface area contributed by atoms with Crippen LogP contribution >= 0.6 is 0 Å². The number of nitrogens with one attached hydrogen (secondary N) is 1. The fraction of sp³-hybridized carbons (Fsp3) is 0.750. The maximum absolute atomic E-state index is 8.83. The Hall–Kier alpha value is -0.340. The molecule has 2 heteroatoms. The van der Waals surface area contributed by atoms with E-state index < -0.39 is 0 Å². The van der Waals surface area contributed by atoms with Crippen molar-refractivity contribution in [2.24, 2.45) is 0 Å². The van der Waals surface area contributed by atoms with Gasteiger partial charge in [0, 0.05) is 6.54 Å². The molecule has 0 aromatic heterocycles. The van der Waals surface area contributed by atoms with Crippen molar-refractivity contribution >= 4 is 0 Å². The molecule has 0 aliphatic heterocycles. The lowest BCUT2D eigenvalue weighted by molar-refractivity contribution is 0.192. The minimum Gasteiger partial charge on any atom is -0.392 e. The Balaban J connectivity index is 2.91. The molecule has 2 nitrogen and oxygen atoms in total. The van der Waals surface area contributed by atoms with Crippen molar-refractivity contribution in [2.75, 3.05) is 13.1 Å². The smallest absolute Gasteiger partial charge is 0.0636 e. The lowest BCUT2D eigenvalue weighted by atomic mass is 10.3. The van der Waals surface area contributed by atoms with Gasteiger partial charge in [0.25, 0.3) is 0 Å². The van der Waals surface area contributed by atoms with Crippen molar-refractivity contribution in [2.45, 2.75) is 26.4 Å². The van der Waals surface area contributed by atoms with Crippen molar-refractivity contribution in [1.29, 1.82) is 0 Å². The third-order valence-corrected chi connectivity index (χ3v) is 1.16. The molecule has 0 saturated carbocycles. The van der Waals surface area contributed by atoms with E-state index in [0.29, 0.717) is 6.54 Å². The molecule has 0 fully saturated rings. The monoisotopic (exact) mass is 143 g/mol. The van der Waals surface area contributed by atoms with Crippen LogP contribution in [0.5, 0.6) is 0 Å². The Bertz CT molecular complexity index is 89.3. The maximum atomic E-state index is 8.83. The molecule has 2 N–H and O–H groups in total. The van der Waals surface area contributed by atoms with E-state index in [-0.39, 0.29) is 6.10 Å². The highest BCUT2D eigenvalue weighted by Crippen LogP contribution is 1.80. The molecule has 0 radical (unpaired) electrons. The number of aliphatic hydroxyl groups is 1. The molecular formula is C8H17NO.